The number of piperazine rings is 1. The molecular weight excluding hydrogens is 204 g/mol. The largest absolute Gasteiger partial charge is 0.348 e. The van der Waals surface area contributed by atoms with Gasteiger partial charge in [-0.25, -0.2) is 0 Å². The number of rotatable bonds is 1. The molecule has 1 N–H and O–H groups in total. The fourth-order valence-electron chi connectivity index (χ4n) is 1.97. The average molecular weight is 218 g/mol. The summed E-state index contributed by atoms with van der Waals surface area (Å²) in [5.41, 5.74) is 0.894. The van der Waals surface area contributed by atoms with Crippen LogP contribution in [0, 0.1) is 0 Å². The van der Waals surface area contributed by atoms with E-state index in [1.807, 2.05) is 35.2 Å². The number of hydrogen-bond acceptors (Lipinski definition) is 3. The summed E-state index contributed by atoms with van der Waals surface area (Å²) in [6.07, 6.45) is 0. The van der Waals surface area contributed by atoms with E-state index in [-0.39, 0.29) is 23.9 Å². The summed E-state index contributed by atoms with van der Waals surface area (Å²) in [6, 6.07) is 8.85. The van der Waals surface area contributed by atoms with Crippen molar-refractivity contribution in [3.8, 4) is 0 Å². The van der Waals surface area contributed by atoms with Gasteiger partial charge in [0.25, 0.3) is 0 Å². The van der Waals surface area contributed by atoms with Crippen molar-refractivity contribution >= 4 is 17.5 Å². The van der Waals surface area contributed by atoms with Crippen LogP contribution in [-0.2, 0) is 9.59 Å². The molecule has 1 aromatic rings. The van der Waals surface area contributed by atoms with Crippen molar-refractivity contribution in [3.05, 3.63) is 30.3 Å². The molecule has 2 amide bonds. The number of anilines is 1. The first kappa shape index (κ1) is 10.7. The Kier molecular flexibility index (Phi) is 2.64. The molecule has 1 fully saturated rings. The zero-order chi connectivity index (χ0) is 11.7. The SMILES string of the molecule is CC1C(=O)NC(=O)C(C)N1c1ccccc1. The lowest BCUT2D eigenvalue weighted by Gasteiger charge is -2.38. The molecule has 1 aliphatic heterocycles. The number of nitrogens with zero attached hydrogens (tertiary/aromatic N) is 1. The van der Waals surface area contributed by atoms with E-state index in [4.69, 9.17) is 0 Å². The zero-order valence-electron chi connectivity index (χ0n) is 9.31. The van der Waals surface area contributed by atoms with Crippen LogP contribution in [0.5, 0.6) is 0 Å². The molecule has 1 aromatic carbocycles. The van der Waals surface area contributed by atoms with Crippen molar-refractivity contribution in [1.29, 1.82) is 0 Å². The highest BCUT2D eigenvalue weighted by Crippen LogP contribution is 2.22. The van der Waals surface area contributed by atoms with E-state index in [1.54, 1.807) is 13.8 Å². The van der Waals surface area contributed by atoms with Crippen molar-refractivity contribution in [2.24, 2.45) is 0 Å². The molecule has 0 aromatic heterocycles. The van der Waals surface area contributed by atoms with Crippen LogP contribution in [0.4, 0.5) is 5.69 Å². The predicted molar refractivity (Wildman–Crippen MR) is 61.0 cm³/mol. The number of nitrogens with one attached hydrogen (secondary N) is 1. The van der Waals surface area contributed by atoms with Gasteiger partial charge in [-0.15, -0.1) is 0 Å². The van der Waals surface area contributed by atoms with E-state index < -0.39 is 0 Å². The normalized spacial score (nSPS) is 25.5. The second-order valence-corrected chi connectivity index (χ2v) is 3.95. The van der Waals surface area contributed by atoms with Gasteiger partial charge in [0, 0.05) is 5.69 Å². The molecule has 4 nitrogen and oxygen atoms in total. The van der Waals surface area contributed by atoms with Crippen LogP contribution in [0.3, 0.4) is 0 Å². The molecule has 0 aliphatic carbocycles. The molecular formula is C12H14N2O2. The van der Waals surface area contributed by atoms with E-state index in [0.29, 0.717) is 0 Å². The van der Waals surface area contributed by atoms with Gasteiger partial charge in [-0.05, 0) is 26.0 Å². The Morgan fingerprint density at radius 1 is 1.00 bits per heavy atom. The Labute approximate surface area is 94.2 Å². The summed E-state index contributed by atoms with van der Waals surface area (Å²) >= 11 is 0. The summed E-state index contributed by atoms with van der Waals surface area (Å²) in [5, 5.41) is 2.36. The number of carbonyl (C=O) groups excluding carboxylic acids is 2. The lowest BCUT2D eigenvalue weighted by molar-refractivity contribution is -0.134. The van der Waals surface area contributed by atoms with Crippen LogP contribution in [0.2, 0.25) is 0 Å². The average Bonchev–Trinajstić information content (AvgIpc) is 2.28. The lowest BCUT2D eigenvalue weighted by Crippen LogP contribution is -2.61. The van der Waals surface area contributed by atoms with Gasteiger partial charge < -0.3 is 4.90 Å². The number of amides is 2. The molecule has 2 rings (SSSR count). The van der Waals surface area contributed by atoms with Crippen LogP contribution >= 0.6 is 0 Å². The van der Waals surface area contributed by atoms with Crippen LogP contribution in [-0.4, -0.2) is 23.9 Å². The fraction of sp³-hybridized carbons (Fsp3) is 0.333. The van der Waals surface area contributed by atoms with Crippen molar-refractivity contribution in [2.45, 2.75) is 25.9 Å². The maximum atomic E-state index is 11.6. The number of imide groups is 1. The van der Waals surface area contributed by atoms with Gasteiger partial charge in [0.2, 0.25) is 11.8 Å². The summed E-state index contributed by atoms with van der Waals surface area (Å²) in [4.78, 5) is 25.0. The smallest absolute Gasteiger partial charge is 0.249 e. The van der Waals surface area contributed by atoms with Gasteiger partial charge in [0.05, 0.1) is 0 Å². The highest BCUT2D eigenvalue weighted by Gasteiger charge is 2.36. The number of para-hydroxylation sites is 1. The van der Waals surface area contributed by atoms with Crippen LogP contribution < -0.4 is 10.2 Å². The summed E-state index contributed by atoms with van der Waals surface area (Å²) in [5.74, 6) is -0.487. The Balaban J connectivity index is 2.37. The van der Waals surface area contributed by atoms with Gasteiger partial charge in [-0.2, -0.15) is 0 Å². The van der Waals surface area contributed by atoms with E-state index in [1.165, 1.54) is 0 Å². The number of hydrogen-bond donors (Lipinski definition) is 1. The van der Waals surface area contributed by atoms with E-state index in [9.17, 15) is 9.59 Å². The monoisotopic (exact) mass is 218 g/mol. The second-order valence-electron chi connectivity index (χ2n) is 3.95. The maximum absolute atomic E-state index is 11.6. The van der Waals surface area contributed by atoms with Crippen LogP contribution in [0.25, 0.3) is 0 Å². The lowest BCUT2D eigenvalue weighted by atomic mass is 10.1. The van der Waals surface area contributed by atoms with Crippen molar-refractivity contribution in [2.75, 3.05) is 4.90 Å². The predicted octanol–water partition coefficient (Wildman–Crippen LogP) is 0.926. The molecule has 0 saturated carbocycles. The molecule has 1 saturated heterocycles. The molecule has 1 aliphatic rings. The number of carbonyl (C=O) groups is 2. The standard InChI is InChI=1S/C12H14N2O2/c1-8-11(15)13-12(16)9(2)14(8)10-6-4-3-5-7-10/h3-9H,1-2H3,(H,13,15,16). The molecule has 16 heavy (non-hydrogen) atoms. The van der Waals surface area contributed by atoms with Crippen LogP contribution in [0.15, 0.2) is 30.3 Å². The molecule has 0 radical (unpaired) electrons. The Bertz CT molecular complexity index is 396. The van der Waals surface area contributed by atoms with Crippen LogP contribution in [0.1, 0.15) is 13.8 Å². The third-order valence-electron chi connectivity index (χ3n) is 2.89. The molecule has 0 bridgehead atoms. The minimum Gasteiger partial charge on any atom is -0.348 e. The van der Waals surface area contributed by atoms with E-state index in [2.05, 4.69) is 5.32 Å². The Hall–Kier alpha value is -1.84. The zero-order valence-corrected chi connectivity index (χ0v) is 9.31. The third-order valence-corrected chi connectivity index (χ3v) is 2.89. The highest BCUT2D eigenvalue weighted by molar-refractivity contribution is 6.06. The van der Waals surface area contributed by atoms with Gasteiger partial charge in [0.15, 0.2) is 0 Å². The minimum absolute atomic E-state index is 0.244. The first-order chi connectivity index (χ1) is 7.61. The quantitative estimate of drug-likeness (QED) is 0.713. The highest BCUT2D eigenvalue weighted by atomic mass is 16.2. The fourth-order valence-corrected chi connectivity index (χ4v) is 1.97. The van der Waals surface area contributed by atoms with Gasteiger partial charge >= 0.3 is 0 Å². The summed E-state index contributed by atoms with van der Waals surface area (Å²) < 4.78 is 0. The molecule has 2 atom stereocenters. The van der Waals surface area contributed by atoms with Crippen molar-refractivity contribution < 1.29 is 9.59 Å². The first-order valence-electron chi connectivity index (χ1n) is 5.29. The molecule has 1 heterocycles. The second kappa shape index (κ2) is 3.96. The molecule has 2 unspecified atom stereocenters. The van der Waals surface area contributed by atoms with Crippen molar-refractivity contribution in [3.63, 3.8) is 0 Å². The van der Waals surface area contributed by atoms with Gasteiger partial charge in [0.1, 0.15) is 12.1 Å². The number of benzene rings is 1. The topological polar surface area (TPSA) is 49.4 Å². The third kappa shape index (κ3) is 1.66. The Morgan fingerprint density at radius 2 is 1.50 bits per heavy atom. The van der Waals surface area contributed by atoms with Gasteiger partial charge in [-0.1, -0.05) is 18.2 Å². The molecule has 4 heteroatoms. The van der Waals surface area contributed by atoms with Gasteiger partial charge in [-0.3, -0.25) is 14.9 Å². The van der Waals surface area contributed by atoms with Crippen molar-refractivity contribution in [1.82, 2.24) is 5.32 Å². The Morgan fingerprint density at radius 3 is 2.00 bits per heavy atom. The minimum atomic E-state index is -0.324. The first-order valence-corrected chi connectivity index (χ1v) is 5.29. The maximum Gasteiger partial charge on any atom is 0.249 e. The summed E-state index contributed by atoms with van der Waals surface area (Å²) in [6.45, 7) is 3.59. The molecule has 84 valence electrons. The van der Waals surface area contributed by atoms with E-state index in [0.717, 1.165) is 5.69 Å². The van der Waals surface area contributed by atoms with E-state index >= 15 is 0 Å². The molecule has 0 spiro atoms. The summed E-state index contributed by atoms with van der Waals surface area (Å²) in [7, 11) is 0.